The zero-order valence-electron chi connectivity index (χ0n) is 21.0. The number of hydrogen-bond acceptors (Lipinski definition) is 5. The van der Waals surface area contributed by atoms with Crippen molar-refractivity contribution < 1.29 is 4.79 Å². The van der Waals surface area contributed by atoms with Crippen molar-refractivity contribution >= 4 is 17.5 Å². The fraction of sp³-hybridized carbons (Fsp3) is 0.379. The first kappa shape index (κ1) is 22.3. The van der Waals surface area contributed by atoms with Gasteiger partial charge in [0, 0.05) is 53.5 Å². The second-order valence-corrected chi connectivity index (χ2v) is 10.7. The fourth-order valence-electron chi connectivity index (χ4n) is 6.54. The van der Waals surface area contributed by atoms with Crippen LogP contribution in [0.3, 0.4) is 0 Å². The number of benzene rings is 1. The summed E-state index contributed by atoms with van der Waals surface area (Å²) in [6.07, 6.45) is 10.0. The van der Waals surface area contributed by atoms with Gasteiger partial charge in [-0.1, -0.05) is 36.4 Å². The molecule has 7 rings (SSSR count). The van der Waals surface area contributed by atoms with Gasteiger partial charge in [0.15, 0.2) is 5.65 Å². The third-order valence-corrected chi connectivity index (χ3v) is 8.45. The van der Waals surface area contributed by atoms with Crippen LogP contribution < -0.4 is 11.1 Å². The highest BCUT2D eigenvalue weighted by Crippen LogP contribution is 2.50. The second kappa shape index (κ2) is 8.57. The van der Waals surface area contributed by atoms with Crippen molar-refractivity contribution in [1.82, 2.24) is 29.8 Å². The molecule has 1 saturated carbocycles. The van der Waals surface area contributed by atoms with Crippen LogP contribution in [-0.4, -0.2) is 49.6 Å². The molecule has 2 unspecified atom stereocenters. The van der Waals surface area contributed by atoms with Crippen molar-refractivity contribution in [3.05, 3.63) is 66.1 Å². The summed E-state index contributed by atoms with van der Waals surface area (Å²) >= 11 is 0. The minimum Gasteiger partial charge on any atom is -0.383 e. The summed E-state index contributed by atoms with van der Waals surface area (Å²) < 4.78 is 1.81. The highest BCUT2D eigenvalue weighted by atomic mass is 16.2. The van der Waals surface area contributed by atoms with Crippen LogP contribution in [-0.2, 0) is 0 Å². The van der Waals surface area contributed by atoms with Crippen molar-refractivity contribution in [1.29, 1.82) is 0 Å². The molecule has 8 heteroatoms. The van der Waals surface area contributed by atoms with Gasteiger partial charge in [0.05, 0.1) is 17.6 Å². The first-order chi connectivity index (χ1) is 18.1. The molecule has 3 N–H and O–H groups in total. The normalized spacial score (nSPS) is 22.9. The molecule has 2 bridgehead atoms. The number of rotatable bonds is 4. The van der Waals surface area contributed by atoms with Crippen LogP contribution in [0, 0.1) is 0 Å². The van der Waals surface area contributed by atoms with Gasteiger partial charge in [0.25, 0.3) is 0 Å². The Balaban J connectivity index is 1.28. The van der Waals surface area contributed by atoms with Crippen LogP contribution in [0.4, 0.5) is 10.6 Å². The lowest BCUT2D eigenvalue weighted by molar-refractivity contribution is 0.139. The minimum absolute atomic E-state index is 0.0424. The summed E-state index contributed by atoms with van der Waals surface area (Å²) in [5.74, 6) is 1.47. The Kier molecular flexibility index (Phi) is 5.16. The van der Waals surface area contributed by atoms with Gasteiger partial charge >= 0.3 is 6.03 Å². The lowest BCUT2D eigenvalue weighted by atomic mass is 9.85. The number of nitrogen functional groups attached to an aromatic ring is 1. The van der Waals surface area contributed by atoms with Gasteiger partial charge in [-0.25, -0.2) is 9.78 Å². The Morgan fingerprint density at radius 1 is 0.946 bits per heavy atom. The average Bonchev–Trinajstić information content (AvgIpc) is 3.62. The largest absolute Gasteiger partial charge is 0.383 e. The number of anilines is 1. The highest BCUT2D eigenvalue weighted by molar-refractivity contribution is 5.79. The molecule has 188 valence electrons. The van der Waals surface area contributed by atoms with Crippen LogP contribution in [0.15, 0.2) is 54.9 Å². The van der Waals surface area contributed by atoms with Gasteiger partial charge in [-0.2, -0.15) is 9.61 Å². The van der Waals surface area contributed by atoms with Crippen molar-refractivity contribution in [3.8, 4) is 22.4 Å². The third kappa shape index (κ3) is 3.65. The molecule has 2 amide bonds. The van der Waals surface area contributed by atoms with Crippen LogP contribution in [0.1, 0.15) is 61.6 Å². The predicted molar refractivity (Wildman–Crippen MR) is 143 cm³/mol. The maximum absolute atomic E-state index is 12.5. The van der Waals surface area contributed by atoms with E-state index in [0.717, 1.165) is 72.3 Å². The average molecular weight is 494 g/mol. The zero-order chi connectivity index (χ0) is 25.1. The van der Waals surface area contributed by atoms with Gasteiger partial charge in [-0.15, -0.1) is 0 Å². The van der Waals surface area contributed by atoms with Crippen molar-refractivity contribution in [2.45, 2.75) is 62.4 Å². The molecule has 8 nitrogen and oxygen atoms in total. The summed E-state index contributed by atoms with van der Waals surface area (Å²) in [4.78, 5) is 24.6. The van der Waals surface area contributed by atoms with E-state index in [4.69, 9.17) is 15.7 Å². The van der Waals surface area contributed by atoms with Crippen LogP contribution in [0.5, 0.6) is 0 Å². The molecule has 0 spiro atoms. The number of aromatic nitrogens is 4. The number of nitrogens with one attached hydrogen (secondary N) is 1. The molecule has 2 saturated heterocycles. The summed E-state index contributed by atoms with van der Waals surface area (Å²) in [6, 6.07) is 14.9. The van der Waals surface area contributed by atoms with Gasteiger partial charge in [0.1, 0.15) is 5.82 Å². The first-order valence-corrected chi connectivity index (χ1v) is 13.3. The number of fused-ring (bicyclic) bond motifs is 3. The molecule has 2 aliphatic heterocycles. The van der Waals surface area contributed by atoms with E-state index in [0.29, 0.717) is 17.7 Å². The smallest absolute Gasteiger partial charge is 0.317 e. The standard InChI is InChI=1S/C29H31N7O/c1-31-29(37)35-21-10-11-22(35)14-20(13-21)26-25(18-7-8-18)27(30)36-28(34-26)23(16-33-36)19-9-12-24(32-15-19)17-5-3-2-4-6-17/h2-6,9,12,15-16,18,20-22H,7-8,10-11,13-14,30H2,1H3,(H,31,37)/t20?,21-,22?/m0/s1. The molecule has 5 heterocycles. The zero-order valence-corrected chi connectivity index (χ0v) is 21.0. The minimum atomic E-state index is 0.0424. The number of carbonyl (C=O) groups excluding carboxylic acids is 1. The molecular weight excluding hydrogens is 462 g/mol. The summed E-state index contributed by atoms with van der Waals surface area (Å²) in [5, 5.41) is 7.49. The predicted octanol–water partition coefficient (Wildman–Crippen LogP) is 4.97. The second-order valence-electron chi connectivity index (χ2n) is 10.7. The highest BCUT2D eigenvalue weighted by Gasteiger charge is 2.45. The van der Waals surface area contributed by atoms with Crippen LogP contribution in [0.25, 0.3) is 28.0 Å². The molecule has 1 aliphatic carbocycles. The Labute approximate surface area is 215 Å². The number of piperidine rings is 1. The van der Waals surface area contributed by atoms with Crippen molar-refractivity contribution in [2.24, 2.45) is 0 Å². The monoisotopic (exact) mass is 493 g/mol. The van der Waals surface area contributed by atoms with E-state index < -0.39 is 0 Å². The quantitative estimate of drug-likeness (QED) is 0.418. The lowest BCUT2D eigenvalue weighted by Crippen LogP contribution is -2.49. The molecule has 4 aromatic rings. The van der Waals surface area contributed by atoms with E-state index >= 15 is 0 Å². The fourth-order valence-corrected chi connectivity index (χ4v) is 6.54. The van der Waals surface area contributed by atoms with E-state index in [1.807, 2.05) is 41.2 Å². The summed E-state index contributed by atoms with van der Waals surface area (Å²) in [6.45, 7) is 0. The molecule has 37 heavy (non-hydrogen) atoms. The summed E-state index contributed by atoms with van der Waals surface area (Å²) in [5.41, 5.74) is 13.8. The van der Waals surface area contributed by atoms with Gasteiger partial charge in [-0.05, 0) is 50.5 Å². The van der Waals surface area contributed by atoms with Crippen LogP contribution in [0.2, 0.25) is 0 Å². The number of urea groups is 1. The van der Waals surface area contributed by atoms with E-state index in [1.54, 1.807) is 7.05 Å². The molecule has 0 radical (unpaired) electrons. The maximum atomic E-state index is 12.5. The number of pyridine rings is 1. The number of nitrogens with zero attached hydrogens (tertiary/aromatic N) is 5. The van der Waals surface area contributed by atoms with E-state index in [-0.39, 0.29) is 18.1 Å². The molecule has 1 aromatic carbocycles. The molecule has 3 aromatic heterocycles. The molecule has 3 atom stereocenters. The van der Waals surface area contributed by atoms with Gasteiger partial charge in [-0.3, -0.25) is 4.98 Å². The SMILES string of the molecule is CNC(=O)N1C2CC[C@H]1CC(c1nc3c(-c4ccc(-c5ccccc5)nc4)cnn3c(N)c1C1CC1)C2. The molecular formula is C29H31N7O. The van der Waals surface area contributed by atoms with E-state index in [9.17, 15) is 4.79 Å². The molecule has 3 aliphatic rings. The van der Waals surface area contributed by atoms with Crippen molar-refractivity contribution in [3.63, 3.8) is 0 Å². The number of amides is 2. The van der Waals surface area contributed by atoms with Gasteiger partial charge < -0.3 is 16.0 Å². The topological polar surface area (TPSA) is 101 Å². The van der Waals surface area contributed by atoms with Crippen LogP contribution >= 0.6 is 0 Å². The van der Waals surface area contributed by atoms with E-state index in [1.165, 1.54) is 5.56 Å². The Hall–Kier alpha value is -3.94. The number of hydrogen-bond donors (Lipinski definition) is 2. The Bertz CT molecular complexity index is 1460. The molecule has 3 fully saturated rings. The van der Waals surface area contributed by atoms with Gasteiger partial charge in [0.2, 0.25) is 0 Å². The first-order valence-electron chi connectivity index (χ1n) is 13.3. The lowest BCUT2D eigenvalue weighted by Gasteiger charge is -2.39. The third-order valence-electron chi connectivity index (χ3n) is 8.45. The van der Waals surface area contributed by atoms with Crippen molar-refractivity contribution in [2.75, 3.05) is 12.8 Å². The maximum Gasteiger partial charge on any atom is 0.317 e. The summed E-state index contributed by atoms with van der Waals surface area (Å²) in [7, 11) is 1.72. The number of nitrogens with two attached hydrogens (primary N) is 1. The Morgan fingerprint density at radius 3 is 2.35 bits per heavy atom. The Morgan fingerprint density at radius 2 is 1.70 bits per heavy atom. The van der Waals surface area contributed by atoms with E-state index in [2.05, 4.69) is 33.5 Å². The number of carbonyl (C=O) groups is 1.